The van der Waals surface area contributed by atoms with E-state index in [1.807, 2.05) is 6.33 Å². The van der Waals surface area contributed by atoms with Crippen molar-refractivity contribution in [1.82, 2.24) is 29.7 Å². The van der Waals surface area contributed by atoms with E-state index in [-0.39, 0.29) is 18.0 Å². The van der Waals surface area contributed by atoms with Crippen LogP contribution >= 0.6 is 0 Å². The minimum atomic E-state index is -0.154. The fourth-order valence-electron chi connectivity index (χ4n) is 4.79. The van der Waals surface area contributed by atoms with Crippen LogP contribution in [0, 0.1) is 0 Å². The Kier molecular flexibility index (Phi) is 6.77. The van der Waals surface area contributed by atoms with Crippen molar-refractivity contribution in [2.75, 3.05) is 61.4 Å². The van der Waals surface area contributed by atoms with Crippen molar-refractivity contribution in [2.24, 2.45) is 0 Å². The Morgan fingerprint density at radius 3 is 2.53 bits per heavy atom. The van der Waals surface area contributed by atoms with Gasteiger partial charge in [-0.15, -0.1) is 0 Å². The Bertz CT molecular complexity index is 1230. The van der Waals surface area contributed by atoms with Crippen LogP contribution in [0.2, 0.25) is 0 Å². The number of imidazole rings is 1. The van der Waals surface area contributed by atoms with Gasteiger partial charge in [0.1, 0.15) is 0 Å². The first kappa shape index (κ1) is 24.1. The number of nitrogens with zero attached hydrogens (tertiary/aromatic N) is 7. The van der Waals surface area contributed by atoms with E-state index in [2.05, 4.69) is 86.6 Å². The third-order valence-electron chi connectivity index (χ3n) is 6.97. The lowest BCUT2D eigenvalue weighted by molar-refractivity contribution is -0.117. The molecule has 0 radical (unpaired) electrons. The van der Waals surface area contributed by atoms with Crippen LogP contribution in [0.3, 0.4) is 0 Å². The Morgan fingerprint density at radius 2 is 1.83 bits per heavy atom. The van der Waals surface area contributed by atoms with Crippen molar-refractivity contribution in [3.63, 3.8) is 0 Å². The molecule has 2 N–H and O–H groups in total. The zero-order chi connectivity index (χ0) is 25.2. The minimum Gasteiger partial charge on any atom is -0.369 e. The van der Waals surface area contributed by atoms with Gasteiger partial charge < -0.3 is 29.9 Å². The number of nitrogens with one attached hydrogen (secondary N) is 2. The molecule has 36 heavy (non-hydrogen) atoms. The van der Waals surface area contributed by atoms with Crippen LogP contribution < -0.4 is 20.4 Å². The maximum Gasteiger partial charge on any atom is 0.243 e. The van der Waals surface area contributed by atoms with E-state index in [0.717, 1.165) is 56.0 Å². The first-order valence-corrected chi connectivity index (χ1v) is 12.6. The monoisotopic (exact) mass is 489 g/mol. The lowest BCUT2D eigenvalue weighted by Gasteiger charge is -2.34. The van der Waals surface area contributed by atoms with Gasteiger partial charge in [0.05, 0.1) is 6.33 Å². The second-order valence-electron chi connectivity index (χ2n) is 9.90. The maximum absolute atomic E-state index is 11.8. The largest absolute Gasteiger partial charge is 0.369 e. The highest BCUT2D eigenvalue weighted by Gasteiger charge is 2.27. The molecule has 0 spiro atoms. The van der Waals surface area contributed by atoms with Gasteiger partial charge in [-0.25, -0.2) is 4.98 Å². The summed E-state index contributed by atoms with van der Waals surface area (Å²) in [6.07, 6.45) is 3.97. The van der Waals surface area contributed by atoms with Crippen LogP contribution in [-0.2, 0) is 4.79 Å². The summed E-state index contributed by atoms with van der Waals surface area (Å²) >= 11 is 0. The lowest BCUT2D eigenvalue weighted by Crippen LogP contribution is -2.44. The van der Waals surface area contributed by atoms with Gasteiger partial charge in [-0.2, -0.15) is 9.97 Å². The molecule has 10 nitrogen and oxygen atoms in total. The zero-order valence-corrected chi connectivity index (χ0v) is 21.3. The van der Waals surface area contributed by atoms with E-state index < -0.39 is 0 Å². The number of piperazine rings is 1. The van der Waals surface area contributed by atoms with Crippen LogP contribution in [0.1, 0.15) is 26.3 Å². The van der Waals surface area contributed by atoms with Gasteiger partial charge in [-0.05, 0) is 57.7 Å². The third kappa shape index (κ3) is 4.99. The molecule has 2 saturated heterocycles. The van der Waals surface area contributed by atoms with Crippen molar-refractivity contribution in [2.45, 2.75) is 32.4 Å². The van der Waals surface area contributed by atoms with Crippen LogP contribution in [0.4, 0.5) is 23.1 Å². The highest BCUT2D eigenvalue weighted by Crippen LogP contribution is 2.29. The second kappa shape index (κ2) is 10.1. The molecule has 2 aliphatic rings. The standard InChI is InChI=1S/C26H35N9O/c1-5-22(36)28-20-10-11-34(16-20)26-30-24(23-25(31-26)35(17-27-23)18(2)3)29-19-6-8-21(9-7-19)33-14-12-32(4)13-15-33/h5-9,17-18,20H,1,10-16H2,2-4H3,(H,28,36)(H,29,30,31). The van der Waals surface area contributed by atoms with Gasteiger partial charge >= 0.3 is 0 Å². The van der Waals surface area contributed by atoms with E-state index in [4.69, 9.17) is 9.97 Å². The summed E-state index contributed by atoms with van der Waals surface area (Å²) in [7, 11) is 2.17. The number of fused-ring (bicyclic) bond motifs is 1. The molecular weight excluding hydrogens is 454 g/mol. The minimum absolute atomic E-state index is 0.0448. The summed E-state index contributed by atoms with van der Waals surface area (Å²) in [4.78, 5) is 33.1. The normalized spacial score (nSPS) is 18.7. The van der Waals surface area contributed by atoms with E-state index in [1.165, 1.54) is 11.8 Å². The lowest BCUT2D eigenvalue weighted by atomic mass is 10.2. The zero-order valence-electron chi connectivity index (χ0n) is 21.3. The van der Waals surface area contributed by atoms with Crippen LogP contribution in [-0.4, -0.2) is 82.7 Å². The van der Waals surface area contributed by atoms with Crippen molar-refractivity contribution in [1.29, 1.82) is 0 Å². The Morgan fingerprint density at radius 1 is 1.08 bits per heavy atom. The first-order valence-electron chi connectivity index (χ1n) is 12.6. The SMILES string of the molecule is C=CC(=O)NC1CCN(c2nc(Nc3ccc(N4CCN(C)CC4)cc3)c3ncn(C(C)C)c3n2)C1. The average Bonchev–Trinajstić information content (AvgIpc) is 3.52. The van der Waals surface area contributed by atoms with E-state index in [0.29, 0.717) is 18.3 Å². The average molecular weight is 490 g/mol. The summed E-state index contributed by atoms with van der Waals surface area (Å²) in [5.41, 5.74) is 3.72. The van der Waals surface area contributed by atoms with Gasteiger partial charge in [-0.3, -0.25) is 4.79 Å². The predicted molar refractivity (Wildman–Crippen MR) is 144 cm³/mol. The molecule has 1 aromatic carbocycles. The predicted octanol–water partition coefficient (Wildman–Crippen LogP) is 2.78. The van der Waals surface area contributed by atoms with Crippen molar-refractivity contribution < 1.29 is 4.79 Å². The van der Waals surface area contributed by atoms with Gasteiger partial charge in [-0.1, -0.05) is 6.58 Å². The number of amides is 1. The molecular formula is C26H35N9O. The summed E-state index contributed by atoms with van der Waals surface area (Å²) < 4.78 is 2.06. The van der Waals surface area contributed by atoms with Gasteiger partial charge in [0.15, 0.2) is 17.0 Å². The van der Waals surface area contributed by atoms with Crippen molar-refractivity contribution in [3.05, 3.63) is 43.2 Å². The smallest absolute Gasteiger partial charge is 0.243 e. The quantitative estimate of drug-likeness (QED) is 0.490. The molecule has 1 atom stereocenters. The van der Waals surface area contributed by atoms with Crippen LogP contribution in [0.25, 0.3) is 11.2 Å². The Balaban J connectivity index is 1.40. The second-order valence-corrected chi connectivity index (χ2v) is 9.90. The molecule has 10 heteroatoms. The molecule has 2 fully saturated rings. The summed E-state index contributed by atoms with van der Waals surface area (Å²) in [5.74, 6) is 1.16. The number of carbonyl (C=O) groups is 1. The Labute approximate surface area is 212 Å². The Hall–Kier alpha value is -3.66. The number of hydrogen-bond acceptors (Lipinski definition) is 8. The molecule has 0 saturated carbocycles. The number of likely N-dealkylation sites (N-methyl/N-ethyl adjacent to an activating group) is 1. The van der Waals surface area contributed by atoms with Crippen LogP contribution in [0.15, 0.2) is 43.2 Å². The van der Waals surface area contributed by atoms with Crippen LogP contribution in [0.5, 0.6) is 0 Å². The molecule has 0 bridgehead atoms. The summed E-state index contributed by atoms with van der Waals surface area (Å²) in [5, 5.41) is 6.47. The van der Waals surface area contributed by atoms with E-state index >= 15 is 0 Å². The number of aromatic nitrogens is 4. The fourth-order valence-corrected chi connectivity index (χ4v) is 4.79. The van der Waals surface area contributed by atoms with Crippen molar-refractivity contribution >= 4 is 40.2 Å². The maximum atomic E-state index is 11.8. The molecule has 2 aromatic heterocycles. The molecule has 2 aliphatic heterocycles. The highest BCUT2D eigenvalue weighted by molar-refractivity contribution is 5.88. The molecule has 190 valence electrons. The number of benzene rings is 1. The number of carbonyl (C=O) groups excluding carboxylic acids is 1. The number of anilines is 4. The topological polar surface area (TPSA) is 94.5 Å². The molecule has 0 aliphatic carbocycles. The van der Waals surface area contributed by atoms with Gasteiger partial charge in [0, 0.05) is 62.7 Å². The summed E-state index contributed by atoms with van der Waals surface area (Å²) in [6.45, 7) is 13.4. The van der Waals surface area contributed by atoms with Crippen molar-refractivity contribution in [3.8, 4) is 0 Å². The van der Waals surface area contributed by atoms with Gasteiger partial charge in [0.25, 0.3) is 0 Å². The first-order chi connectivity index (χ1) is 17.4. The number of rotatable bonds is 7. The molecule has 5 rings (SSSR count). The van der Waals surface area contributed by atoms with Gasteiger partial charge in [0.2, 0.25) is 11.9 Å². The fraction of sp³-hybridized carbons (Fsp3) is 0.462. The number of hydrogen-bond donors (Lipinski definition) is 2. The molecule has 4 heterocycles. The highest BCUT2D eigenvalue weighted by atomic mass is 16.1. The van der Waals surface area contributed by atoms with E-state index in [9.17, 15) is 4.79 Å². The molecule has 1 amide bonds. The summed E-state index contributed by atoms with van der Waals surface area (Å²) in [6, 6.07) is 8.77. The third-order valence-corrected chi connectivity index (χ3v) is 6.97. The van der Waals surface area contributed by atoms with E-state index in [1.54, 1.807) is 0 Å². The molecule has 3 aromatic rings. The molecule has 1 unspecified atom stereocenters.